The summed E-state index contributed by atoms with van der Waals surface area (Å²) in [6.45, 7) is 4.14. The molecule has 0 saturated carbocycles. The molecule has 3 aromatic rings. The molecule has 2 aromatic heterocycles. The van der Waals surface area contributed by atoms with E-state index in [1.807, 2.05) is 48.8 Å². The van der Waals surface area contributed by atoms with Crippen LogP contribution in [-0.4, -0.2) is 28.9 Å². The normalized spacial score (nSPS) is 12.3. The Labute approximate surface area is 140 Å². The fourth-order valence-corrected chi connectivity index (χ4v) is 3.37. The van der Waals surface area contributed by atoms with Gasteiger partial charge in [0.2, 0.25) is 0 Å². The summed E-state index contributed by atoms with van der Waals surface area (Å²) in [6, 6.07) is 14.2. The number of nitrogens with zero attached hydrogens (tertiary/aromatic N) is 2. The van der Waals surface area contributed by atoms with E-state index in [1.54, 1.807) is 16.2 Å². The number of carbonyl (C=O) groups is 1. The molecule has 3 rings (SSSR count). The average molecular weight is 324 g/mol. The van der Waals surface area contributed by atoms with Gasteiger partial charge in [0.1, 0.15) is 5.69 Å². The quantitative estimate of drug-likeness (QED) is 0.688. The van der Waals surface area contributed by atoms with Gasteiger partial charge in [0.15, 0.2) is 0 Å². The summed E-state index contributed by atoms with van der Waals surface area (Å²) in [4.78, 5) is 19.2. The highest BCUT2D eigenvalue weighted by molar-refractivity contribution is 7.17. The van der Waals surface area contributed by atoms with Crippen LogP contribution >= 0.6 is 11.3 Å². The van der Waals surface area contributed by atoms with E-state index in [0.717, 1.165) is 27.8 Å². The smallest absolute Gasteiger partial charge is 0.272 e. The first-order valence-corrected chi connectivity index (χ1v) is 8.70. The minimum atomic E-state index is -0.0215. The first-order chi connectivity index (χ1) is 11.1. The number of aromatic nitrogens is 1. The van der Waals surface area contributed by atoms with Gasteiger partial charge in [-0.15, -0.1) is 11.3 Å². The van der Waals surface area contributed by atoms with Crippen molar-refractivity contribution in [2.75, 3.05) is 7.05 Å². The Bertz CT molecular complexity index is 826. The second-order valence-corrected chi connectivity index (χ2v) is 6.68. The van der Waals surface area contributed by atoms with Crippen molar-refractivity contribution in [3.8, 4) is 11.3 Å². The van der Waals surface area contributed by atoms with Crippen LogP contribution in [0.1, 0.15) is 30.8 Å². The fourth-order valence-electron chi connectivity index (χ4n) is 2.55. The molecule has 118 valence electrons. The fraction of sp³-hybridized carbons (Fsp3) is 0.263. The summed E-state index contributed by atoms with van der Waals surface area (Å²) in [7, 11) is 1.85. The number of pyridine rings is 1. The van der Waals surface area contributed by atoms with Gasteiger partial charge >= 0.3 is 0 Å². The zero-order chi connectivity index (χ0) is 16.4. The molecule has 0 saturated heterocycles. The Morgan fingerprint density at radius 1 is 1.26 bits per heavy atom. The number of amides is 1. The van der Waals surface area contributed by atoms with Crippen molar-refractivity contribution in [3.63, 3.8) is 0 Å². The highest BCUT2D eigenvalue weighted by Crippen LogP contribution is 2.31. The zero-order valence-electron chi connectivity index (χ0n) is 13.6. The molecule has 0 aliphatic carbocycles. The predicted molar refractivity (Wildman–Crippen MR) is 96.9 cm³/mol. The number of hydrogen-bond donors (Lipinski definition) is 0. The zero-order valence-corrected chi connectivity index (χ0v) is 14.4. The molecule has 1 unspecified atom stereocenters. The lowest BCUT2D eigenvalue weighted by Crippen LogP contribution is -2.35. The van der Waals surface area contributed by atoms with Crippen LogP contribution in [-0.2, 0) is 0 Å². The van der Waals surface area contributed by atoms with E-state index in [0.29, 0.717) is 5.69 Å². The molecule has 0 spiro atoms. The number of benzene rings is 1. The number of carbonyl (C=O) groups excluding carboxylic acids is 1. The van der Waals surface area contributed by atoms with Crippen LogP contribution in [0.3, 0.4) is 0 Å². The first-order valence-electron chi connectivity index (χ1n) is 7.82. The van der Waals surface area contributed by atoms with Gasteiger partial charge in [-0.05, 0) is 30.9 Å². The Hall–Kier alpha value is -2.20. The lowest BCUT2D eigenvalue weighted by atomic mass is 10.1. The van der Waals surface area contributed by atoms with E-state index in [-0.39, 0.29) is 11.9 Å². The van der Waals surface area contributed by atoms with E-state index in [1.165, 1.54) is 0 Å². The lowest BCUT2D eigenvalue weighted by Gasteiger charge is -2.23. The van der Waals surface area contributed by atoms with Gasteiger partial charge in [-0.1, -0.05) is 37.3 Å². The monoisotopic (exact) mass is 324 g/mol. The van der Waals surface area contributed by atoms with Crippen LogP contribution in [0.4, 0.5) is 0 Å². The van der Waals surface area contributed by atoms with E-state index in [9.17, 15) is 4.79 Å². The predicted octanol–water partition coefficient (Wildman–Crippen LogP) is 4.83. The average Bonchev–Trinajstić information content (AvgIpc) is 3.08. The third kappa shape index (κ3) is 2.99. The van der Waals surface area contributed by atoms with Crippen molar-refractivity contribution < 1.29 is 4.79 Å². The van der Waals surface area contributed by atoms with Crippen LogP contribution in [0.2, 0.25) is 0 Å². The molecule has 3 nitrogen and oxygen atoms in total. The van der Waals surface area contributed by atoms with Crippen molar-refractivity contribution in [3.05, 3.63) is 53.5 Å². The highest BCUT2D eigenvalue weighted by atomic mass is 32.1. The molecule has 1 aromatic carbocycles. The largest absolute Gasteiger partial charge is 0.338 e. The van der Waals surface area contributed by atoms with Crippen LogP contribution in [0.25, 0.3) is 21.3 Å². The second-order valence-electron chi connectivity index (χ2n) is 5.73. The maximum absolute atomic E-state index is 12.8. The van der Waals surface area contributed by atoms with Crippen molar-refractivity contribution in [2.24, 2.45) is 0 Å². The van der Waals surface area contributed by atoms with Gasteiger partial charge in [-0.3, -0.25) is 4.79 Å². The van der Waals surface area contributed by atoms with Gasteiger partial charge in [-0.2, -0.15) is 0 Å². The molecule has 0 aliphatic rings. The molecule has 0 radical (unpaired) electrons. The van der Waals surface area contributed by atoms with Crippen LogP contribution in [0.15, 0.2) is 47.8 Å². The minimum Gasteiger partial charge on any atom is -0.338 e. The number of hydrogen-bond acceptors (Lipinski definition) is 3. The Kier molecular flexibility index (Phi) is 4.44. The second kappa shape index (κ2) is 6.50. The molecule has 0 fully saturated rings. The SMILES string of the molecule is CCC(C)N(C)C(=O)c1cc2sccc2c(-c2ccccc2)n1. The Balaban J connectivity index is 2.11. The summed E-state index contributed by atoms with van der Waals surface area (Å²) in [5.74, 6) is -0.0215. The highest BCUT2D eigenvalue weighted by Gasteiger charge is 2.20. The number of thiophene rings is 1. The van der Waals surface area contributed by atoms with E-state index < -0.39 is 0 Å². The molecule has 0 bridgehead atoms. The van der Waals surface area contributed by atoms with E-state index >= 15 is 0 Å². The number of rotatable bonds is 4. The molecular weight excluding hydrogens is 304 g/mol. The van der Waals surface area contributed by atoms with Crippen molar-refractivity contribution in [1.82, 2.24) is 9.88 Å². The summed E-state index contributed by atoms with van der Waals surface area (Å²) in [6.07, 6.45) is 0.926. The van der Waals surface area contributed by atoms with Gasteiger partial charge in [0.25, 0.3) is 5.91 Å². The number of fused-ring (bicyclic) bond motifs is 1. The molecule has 23 heavy (non-hydrogen) atoms. The molecular formula is C19H20N2OS. The lowest BCUT2D eigenvalue weighted by molar-refractivity contribution is 0.0735. The maximum Gasteiger partial charge on any atom is 0.272 e. The molecule has 4 heteroatoms. The van der Waals surface area contributed by atoms with Crippen LogP contribution in [0.5, 0.6) is 0 Å². The van der Waals surface area contributed by atoms with Gasteiger partial charge < -0.3 is 4.90 Å². The van der Waals surface area contributed by atoms with E-state index in [4.69, 9.17) is 4.98 Å². The minimum absolute atomic E-state index is 0.0215. The molecule has 0 aliphatic heterocycles. The third-order valence-electron chi connectivity index (χ3n) is 4.29. The summed E-state index contributed by atoms with van der Waals surface area (Å²) >= 11 is 1.64. The Morgan fingerprint density at radius 3 is 2.70 bits per heavy atom. The first kappa shape index (κ1) is 15.7. The third-order valence-corrected chi connectivity index (χ3v) is 5.15. The molecule has 0 N–H and O–H groups in total. The molecule has 2 heterocycles. The van der Waals surface area contributed by atoms with Gasteiger partial charge in [-0.25, -0.2) is 4.98 Å². The van der Waals surface area contributed by atoms with Gasteiger partial charge in [0, 0.05) is 28.7 Å². The summed E-state index contributed by atoms with van der Waals surface area (Å²) in [5, 5.41) is 3.15. The summed E-state index contributed by atoms with van der Waals surface area (Å²) in [5.41, 5.74) is 2.43. The molecule has 1 amide bonds. The van der Waals surface area contributed by atoms with Gasteiger partial charge in [0.05, 0.1) is 5.69 Å². The van der Waals surface area contributed by atoms with Crippen LogP contribution in [0, 0.1) is 0 Å². The van der Waals surface area contributed by atoms with Crippen LogP contribution < -0.4 is 0 Å². The standard InChI is InChI=1S/C19H20N2OS/c1-4-13(2)21(3)19(22)16-12-17-15(10-11-23-17)18(20-16)14-8-6-5-7-9-14/h5-13H,4H2,1-3H3. The summed E-state index contributed by atoms with van der Waals surface area (Å²) < 4.78 is 1.10. The van der Waals surface area contributed by atoms with Crippen molar-refractivity contribution in [1.29, 1.82) is 0 Å². The topological polar surface area (TPSA) is 33.2 Å². The molecule has 1 atom stereocenters. The Morgan fingerprint density at radius 2 is 2.00 bits per heavy atom. The van der Waals surface area contributed by atoms with Crippen molar-refractivity contribution >= 4 is 27.3 Å². The maximum atomic E-state index is 12.8. The van der Waals surface area contributed by atoms with Crippen molar-refractivity contribution in [2.45, 2.75) is 26.3 Å². The van der Waals surface area contributed by atoms with E-state index in [2.05, 4.69) is 19.9 Å².